The number of anilines is 1. The highest BCUT2D eigenvalue weighted by atomic mass is 16.6. The number of nitrogens with zero attached hydrogens (tertiary/aromatic N) is 2. The zero-order valence-electron chi connectivity index (χ0n) is 10.9. The van der Waals surface area contributed by atoms with E-state index in [4.69, 9.17) is 0 Å². The molecule has 1 heterocycles. The molecule has 0 aliphatic carbocycles. The number of aliphatic carboxylic acids is 1. The minimum Gasteiger partial charge on any atom is -0.480 e. The van der Waals surface area contributed by atoms with E-state index in [9.17, 15) is 20.0 Å². The van der Waals surface area contributed by atoms with E-state index in [2.05, 4.69) is 0 Å². The number of hydrogen-bond acceptors (Lipinski definition) is 4. The van der Waals surface area contributed by atoms with E-state index in [0.29, 0.717) is 12.2 Å². The van der Waals surface area contributed by atoms with E-state index in [1.807, 2.05) is 13.8 Å². The average molecular weight is 264 g/mol. The quantitative estimate of drug-likeness (QED) is 0.668. The van der Waals surface area contributed by atoms with Crippen LogP contribution in [0.25, 0.3) is 0 Å². The molecular formula is C13H16N2O4. The van der Waals surface area contributed by atoms with Gasteiger partial charge in [-0.15, -0.1) is 0 Å². The number of carbonyl (C=O) groups is 1. The number of benzene rings is 1. The molecule has 2 rings (SSSR count). The molecule has 2 atom stereocenters. The van der Waals surface area contributed by atoms with E-state index >= 15 is 0 Å². The maximum atomic E-state index is 11.4. The SMILES string of the molecule is Cc1ccc([N+](=O)[O-])cc1N1CCC(C)C1C(=O)O. The summed E-state index contributed by atoms with van der Waals surface area (Å²) < 4.78 is 0. The first-order chi connectivity index (χ1) is 8.91. The van der Waals surface area contributed by atoms with Gasteiger partial charge in [0.15, 0.2) is 0 Å². The van der Waals surface area contributed by atoms with Gasteiger partial charge in [0.1, 0.15) is 6.04 Å². The van der Waals surface area contributed by atoms with Crippen LogP contribution >= 0.6 is 0 Å². The average Bonchev–Trinajstić information content (AvgIpc) is 2.71. The predicted octanol–water partition coefficient (Wildman–Crippen LogP) is 2.20. The van der Waals surface area contributed by atoms with E-state index < -0.39 is 16.9 Å². The molecule has 6 heteroatoms. The van der Waals surface area contributed by atoms with Crippen molar-refractivity contribution in [3.05, 3.63) is 33.9 Å². The Balaban J connectivity index is 2.43. The molecule has 2 unspecified atom stereocenters. The van der Waals surface area contributed by atoms with Crippen molar-refractivity contribution in [3.8, 4) is 0 Å². The van der Waals surface area contributed by atoms with Gasteiger partial charge in [-0.3, -0.25) is 10.1 Å². The Morgan fingerprint density at radius 2 is 2.21 bits per heavy atom. The summed E-state index contributed by atoms with van der Waals surface area (Å²) in [4.78, 5) is 23.5. The summed E-state index contributed by atoms with van der Waals surface area (Å²) >= 11 is 0. The van der Waals surface area contributed by atoms with Gasteiger partial charge in [-0.05, 0) is 24.8 Å². The molecule has 0 aromatic heterocycles. The number of rotatable bonds is 3. The highest BCUT2D eigenvalue weighted by Gasteiger charge is 2.37. The lowest BCUT2D eigenvalue weighted by Crippen LogP contribution is -2.39. The third kappa shape index (κ3) is 2.38. The molecule has 1 aliphatic rings. The van der Waals surface area contributed by atoms with Gasteiger partial charge >= 0.3 is 5.97 Å². The second kappa shape index (κ2) is 4.87. The molecule has 1 aromatic rings. The Bertz CT molecular complexity index is 529. The number of carboxylic acids is 1. The topological polar surface area (TPSA) is 83.7 Å². The minimum atomic E-state index is -0.879. The zero-order valence-corrected chi connectivity index (χ0v) is 10.9. The van der Waals surface area contributed by atoms with Crippen molar-refractivity contribution < 1.29 is 14.8 Å². The van der Waals surface area contributed by atoms with Crippen molar-refractivity contribution in [3.63, 3.8) is 0 Å². The zero-order chi connectivity index (χ0) is 14.2. The normalized spacial score (nSPS) is 22.5. The third-order valence-corrected chi connectivity index (χ3v) is 3.67. The summed E-state index contributed by atoms with van der Waals surface area (Å²) in [7, 11) is 0. The Labute approximate surface area is 110 Å². The molecule has 6 nitrogen and oxygen atoms in total. The van der Waals surface area contributed by atoms with Crippen LogP contribution < -0.4 is 4.90 Å². The lowest BCUT2D eigenvalue weighted by molar-refractivity contribution is -0.384. The summed E-state index contributed by atoms with van der Waals surface area (Å²) in [6.07, 6.45) is 0.777. The fourth-order valence-electron chi connectivity index (χ4n) is 2.61. The number of nitro benzene ring substituents is 1. The highest BCUT2D eigenvalue weighted by Crippen LogP contribution is 2.34. The van der Waals surface area contributed by atoms with Gasteiger partial charge in [-0.2, -0.15) is 0 Å². The number of hydrogen-bond donors (Lipinski definition) is 1. The van der Waals surface area contributed by atoms with Crippen LogP contribution in [0.4, 0.5) is 11.4 Å². The molecule has 0 saturated carbocycles. The summed E-state index contributed by atoms with van der Waals surface area (Å²) in [5.74, 6) is -0.841. The first-order valence-electron chi connectivity index (χ1n) is 6.16. The molecule has 1 N–H and O–H groups in total. The Morgan fingerprint density at radius 3 is 2.79 bits per heavy atom. The standard InChI is InChI=1S/C13H16N2O4/c1-8-3-4-10(15(18)19)7-11(8)14-6-5-9(2)12(14)13(16)17/h3-4,7,9,12H,5-6H2,1-2H3,(H,16,17). The third-order valence-electron chi connectivity index (χ3n) is 3.67. The first-order valence-corrected chi connectivity index (χ1v) is 6.16. The molecule has 1 aromatic carbocycles. The predicted molar refractivity (Wildman–Crippen MR) is 70.4 cm³/mol. The Kier molecular flexibility index (Phi) is 3.42. The molecular weight excluding hydrogens is 248 g/mol. The van der Waals surface area contributed by atoms with Crippen LogP contribution in [0.1, 0.15) is 18.9 Å². The Hall–Kier alpha value is -2.11. The van der Waals surface area contributed by atoms with Crippen LogP contribution in [0, 0.1) is 23.0 Å². The largest absolute Gasteiger partial charge is 0.480 e. The van der Waals surface area contributed by atoms with Crippen LogP contribution in [-0.2, 0) is 4.79 Å². The summed E-state index contributed by atoms with van der Waals surface area (Å²) in [5, 5.41) is 20.1. The lowest BCUT2D eigenvalue weighted by Gasteiger charge is -2.26. The lowest BCUT2D eigenvalue weighted by atomic mass is 10.0. The number of carboxylic acid groups (broad SMARTS) is 1. The monoisotopic (exact) mass is 264 g/mol. The van der Waals surface area contributed by atoms with Gasteiger partial charge in [0.2, 0.25) is 0 Å². The molecule has 0 spiro atoms. The second-order valence-corrected chi connectivity index (χ2v) is 4.97. The van der Waals surface area contributed by atoms with Gasteiger partial charge in [0.05, 0.1) is 4.92 Å². The van der Waals surface area contributed by atoms with Crippen molar-refractivity contribution in [1.82, 2.24) is 0 Å². The van der Waals surface area contributed by atoms with E-state index in [-0.39, 0.29) is 11.6 Å². The van der Waals surface area contributed by atoms with Gasteiger partial charge in [0.25, 0.3) is 5.69 Å². The molecule has 0 bridgehead atoms. The van der Waals surface area contributed by atoms with Crippen molar-refractivity contribution in [2.24, 2.45) is 5.92 Å². The van der Waals surface area contributed by atoms with E-state index in [1.165, 1.54) is 12.1 Å². The van der Waals surface area contributed by atoms with Gasteiger partial charge in [-0.25, -0.2) is 4.79 Å². The molecule has 0 amide bonds. The first kappa shape index (κ1) is 13.3. The van der Waals surface area contributed by atoms with Crippen LogP contribution in [-0.4, -0.2) is 28.6 Å². The van der Waals surface area contributed by atoms with E-state index in [0.717, 1.165) is 12.0 Å². The summed E-state index contributed by atoms with van der Waals surface area (Å²) in [5.41, 5.74) is 1.49. The molecule has 1 fully saturated rings. The second-order valence-electron chi connectivity index (χ2n) is 4.97. The van der Waals surface area contributed by atoms with Crippen molar-refractivity contribution in [2.75, 3.05) is 11.4 Å². The Morgan fingerprint density at radius 1 is 1.53 bits per heavy atom. The highest BCUT2D eigenvalue weighted by molar-refractivity contribution is 5.80. The van der Waals surface area contributed by atoms with E-state index in [1.54, 1.807) is 11.0 Å². The maximum absolute atomic E-state index is 11.4. The molecule has 19 heavy (non-hydrogen) atoms. The maximum Gasteiger partial charge on any atom is 0.326 e. The van der Waals surface area contributed by atoms with Crippen molar-refractivity contribution in [1.29, 1.82) is 0 Å². The molecule has 1 aliphatic heterocycles. The number of aryl methyl sites for hydroxylation is 1. The fourth-order valence-corrected chi connectivity index (χ4v) is 2.61. The molecule has 1 saturated heterocycles. The molecule has 0 radical (unpaired) electrons. The van der Waals surface area contributed by atoms with Gasteiger partial charge < -0.3 is 10.0 Å². The van der Waals surface area contributed by atoms with Crippen molar-refractivity contribution in [2.45, 2.75) is 26.3 Å². The van der Waals surface area contributed by atoms with Gasteiger partial charge in [-0.1, -0.05) is 13.0 Å². The van der Waals surface area contributed by atoms with Gasteiger partial charge in [0, 0.05) is 24.4 Å². The van der Waals surface area contributed by atoms with Crippen molar-refractivity contribution >= 4 is 17.3 Å². The van der Waals surface area contributed by atoms with Crippen LogP contribution in [0.2, 0.25) is 0 Å². The number of non-ortho nitro benzene ring substituents is 1. The summed E-state index contributed by atoms with van der Waals surface area (Å²) in [6.45, 7) is 4.34. The van der Waals surface area contributed by atoms with Crippen LogP contribution in [0.5, 0.6) is 0 Å². The smallest absolute Gasteiger partial charge is 0.326 e. The van der Waals surface area contributed by atoms with Crippen LogP contribution in [0.15, 0.2) is 18.2 Å². The minimum absolute atomic E-state index is 0.00991. The summed E-state index contributed by atoms with van der Waals surface area (Å²) in [6, 6.07) is 3.95. The fraction of sp³-hybridized carbons (Fsp3) is 0.462. The van der Waals surface area contributed by atoms with Crippen LogP contribution in [0.3, 0.4) is 0 Å². The molecule has 102 valence electrons. The number of nitro groups is 1.